The van der Waals surface area contributed by atoms with Gasteiger partial charge in [-0.3, -0.25) is 0 Å². The molecule has 0 bridgehead atoms. The van der Waals surface area contributed by atoms with Crippen LogP contribution in [-0.4, -0.2) is 9.55 Å². The lowest BCUT2D eigenvalue weighted by Gasteiger charge is -2.15. The number of benzene rings is 2. The Labute approximate surface area is 144 Å². The quantitative estimate of drug-likeness (QED) is 0.627. The van der Waals surface area contributed by atoms with Crippen LogP contribution in [0.5, 0.6) is 0 Å². The summed E-state index contributed by atoms with van der Waals surface area (Å²) in [5.74, 6) is 0.561. The Morgan fingerprint density at radius 3 is 2.52 bits per heavy atom. The number of alkyl halides is 3. The van der Waals surface area contributed by atoms with E-state index in [1.807, 2.05) is 34.9 Å². The molecule has 0 radical (unpaired) electrons. The van der Waals surface area contributed by atoms with Crippen molar-refractivity contribution in [3.63, 3.8) is 0 Å². The van der Waals surface area contributed by atoms with Crippen LogP contribution in [0.3, 0.4) is 0 Å². The zero-order valence-corrected chi connectivity index (χ0v) is 13.7. The van der Waals surface area contributed by atoms with E-state index in [2.05, 4.69) is 11.6 Å². The number of hydrogen-bond acceptors (Lipinski definition) is 1. The van der Waals surface area contributed by atoms with Gasteiger partial charge in [0.05, 0.1) is 5.56 Å². The van der Waals surface area contributed by atoms with Crippen LogP contribution in [-0.2, 0) is 12.7 Å². The topological polar surface area (TPSA) is 17.8 Å². The number of halogens is 3. The summed E-state index contributed by atoms with van der Waals surface area (Å²) in [4.78, 5) is 4.30. The van der Waals surface area contributed by atoms with Crippen LogP contribution < -0.4 is 0 Å². The summed E-state index contributed by atoms with van der Waals surface area (Å²) in [5.41, 5.74) is 2.05. The zero-order chi connectivity index (χ0) is 18.0. The Balaban J connectivity index is 1.96. The van der Waals surface area contributed by atoms with Crippen molar-refractivity contribution in [3.05, 3.63) is 95.6 Å². The van der Waals surface area contributed by atoms with Crippen LogP contribution in [0.1, 0.15) is 28.1 Å². The van der Waals surface area contributed by atoms with E-state index in [0.29, 0.717) is 23.5 Å². The Hall–Kier alpha value is -2.82. The molecule has 0 unspecified atom stereocenters. The molecule has 5 heteroatoms. The third kappa shape index (κ3) is 3.65. The molecule has 2 nitrogen and oxygen atoms in total. The minimum Gasteiger partial charge on any atom is -0.327 e. The highest BCUT2D eigenvalue weighted by Crippen LogP contribution is 2.33. The number of nitrogens with zero attached hydrogens (tertiary/aromatic N) is 2. The van der Waals surface area contributed by atoms with Crippen LogP contribution >= 0.6 is 0 Å². The van der Waals surface area contributed by atoms with Gasteiger partial charge in [-0.15, -0.1) is 0 Å². The smallest absolute Gasteiger partial charge is 0.327 e. The summed E-state index contributed by atoms with van der Waals surface area (Å²) in [7, 11) is 0. The molecule has 0 N–H and O–H groups in total. The molecule has 3 rings (SSSR count). The molecule has 1 aromatic heterocycles. The molecule has 128 valence electrons. The van der Waals surface area contributed by atoms with Gasteiger partial charge < -0.3 is 4.57 Å². The monoisotopic (exact) mass is 342 g/mol. The second-order valence-electron chi connectivity index (χ2n) is 5.87. The van der Waals surface area contributed by atoms with Crippen molar-refractivity contribution in [2.75, 3.05) is 0 Å². The first-order valence-corrected chi connectivity index (χ1v) is 7.79. The highest BCUT2D eigenvalue weighted by Gasteiger charge is 2.31. The molecule has 0 aliphatic heterocycles. The molecule has 2 aromatic carbocycles. The van der Waals surface area contributed by atoms with E-state index in [9.17, 15) is 13.2 Å². The van der Waals surface area contributed by atoms with Crippen LogP contribution in [0.15, 0.2) is 67.5 Å². The van der Waals surface area contributed by atoms with Crippen molar-refractivity contribution in [3.8, 4) is 0 Å². The van der Waals surface area contributed by atoms with Gasteiger partial charge >= 0.3 is 6.18 Å². The summed E-state index contributed by atoms with van der Waals surface area (Å²) in [6.45, 7) is 6.35. The highest BCUT2D eigenvalue weighted by molar-refractivity contribution is 5.77. The van der Waals surface area contributed by atoms with Crippen molar-refractivity contribution in [1.29, 1.82) is 0 Å². The van der Waals surface area contributed by atoms with Crippen molar-refractivity contribution in [1.82, 2.24) is 9.55 Å². The lowest BCUT2D eigenvalue weighted by molar-refractivity contribution is -0.137. The zero-order valence-electron chi connectivity index (χ0n) is 13.7. The molecular weight excluding hydrogens is 325 g/mol. The summed E-state index contributed by atoms with van der Waals surface area (Å²) >= 11 is 0. The molecule has 0 aliphatic rings. The van der Waals surface area contributed by atoms with Gasteiger partial charge in [0.2, 0.25) is 0 Å². The van der Waals surface area contributed by atoms with E-state index < -0.39 is 11.7 Å². The molecular formula is C20H17F3N2. The Bertz CT molecular complexity index is 893. The maximum atomic E-state index is 13.0. The van der Waals surface area contributed by atoms with E-state index in [-0.39, 0.29) is 0 Å². The molecule has 0 aliphatic carbocycles. The third-order valence-electron chi connectivity index (χ3n) is 4.07. The molecule has 25 heavy (non-hydrogen) atoms. The number of aromatic nitrogens is 2. The maximum absolute atomic E-state index is 13.0. The second kappa shape index (κ2) is 6.59. The number of hydrogen-bond donors (Lipinski definition) is 0. The first-order chi connectivity index (χ1) is 11.9. The predicted octanol–water partition coefficient (Wildman–Crippen LogP) is 5.32. The van der Waals surface area contributed by atoms with E-state index in [1.165, 1.54) is 6.07 Å². The normalized spacial score (nSPS) is 11.5. The van der Waals surface area contributed by atoms with Crippen LogP contribution in [0.2, 0.25) is 0 Å². The van der Waals surface area contributed by atoms with Crippen molar-refractivity contribution in [2.45, 2.75) is 19.6 Å². The first kappa shape index (κ1) is 17.0. The average molecular weight is 342 g/mol. The average Bonchev–Trinajstić information content (AvgIpc) is 3.02. The van der Waals surface area contributed by atoms with Gasteiger partial charge in [0, 0.05) is 24.5 Å². The van der Waals surface area contributed by atoms with Crippen LogP contribution in [0.25, 0.3) is 5.57 Å². The van der Waals surface area contributed by atoms with Gasteiger partial charge in [0.25, 0.3) is 0 Å². The van der Waals surface area contributed by atoms with Crippen molar-refractivity contribution in [2.24, 2.45) is 0 Å². The minimum absolute atomic E-state index is 0.454. The minimum atomic E-state index is -4.39. The third-order valence-corrected chi connectivity index (χ3v) is 4.07. The van der Waals surface area contributed by atoms with E-state index in [0.717, 1.165) is 23.3 Å². The number of aryl methyl sites for hydroxylation is 1. The van der Waals surface area contributed by atoms with Crippen LogP contribution in [0, 0.1) is 6.92 Å². The molecule has 0 atom stereocenters. The molecule has 0 saturated carbocycles. The Morgan fingerprint density at radius 2 is 1.84 bits per heavy atom. The molecule has 1 heterocycles. The lowest BCUT2D eigenvalue weighted by atomic mass is 9.98. The molecule has 0 amide bonds. The van der Waals surface area contributed by atoms with E-state index in [1.54, 1.807) is 19.3 Å². The van der Waals surface area contributed by atoms with E-state index in [4.69, 9.17) is 0 Å². The summed E-state index contributed by atoms with van der Waals surface area (Å²) < 4.78 is 41.0. The number of imidazole rings is 1. The van der Waals surface area contributed by atoms with Gasteiger partial charge in [0.1, 0.15) is 5.82 Å². The molecule has 3 aromatic rings. The highest BCUT2D eigenvalue weighted by atomic mass is 19.4. The summed E-state index contributed by atoms with van der Waals surface area (Å²) in [6, 6.07) is 13.5. The molecule has 0 spiro atoms. The van der Waals surface area contributed by atoms with Gasteiger partial charge in [-0.25, -0.2) is 4.98 Å². The first-order valence-electron chi connectivity index (χ1n) is 7.79. The lowest BCUT2D eigenvalue weighted by Crippen LogP contribution is -2.08. The van der Waals surface area contributed by atoms with Crippen molar-refractivity contribution >= 4 is 5.57 Å². The predicted molar refractivity (Wildman–Crippen MR) is 92.1 cm³/mol. The van der Waals surface area contributed by atoms with Gasteiger partial charge in [-0.1, -0.05) is 43.0 Å². The fourth-order valence-corrected chi connectivity index (χ4v) is 2.73. The SMILES string of the molecule is C=C(c1cc(C(F)(F)F)ccc1C)c1nccn1Cc1ccccc1. The summed E-state index contributed by atoms with van der Waals surface area (Å²) in [6.07, 6.45) is -0.953. The maximum Gasteiger partial charge on any atom is 0.416 e. The number of rotatable bonds is 4. The fraction of sp³-hybridized carbons (Fsp3) is 0.150. The van der Waals surface area contributed by atoms with Gasteiger partial charge in [0.15, 0.2) is 0 Å². The molecule has 0 saturated heterocycles. The Morgan fingerprint density at radius 1 is 1.12 bits per heavy atom. The van der Waals surface area contributed by atoms with Crippen LogP contribution in [0.4, 0.5) is 13.2 Å². The standard InChI is InChI=1S/C20H17F3N2/c1-14-8-9-17(20(21,22)23)12-18(14)15(2)19-24-10-11-25(19)13-16-6-4-3-5-7-16/h3-12H,2,13H2,1H3. The largest absolute Gasteiger partial charge is 0.416 e. The fourth-order valence-electron chi connectivity index (χ4n) is 2.73. The second-order valence-corrected chi connectivity index (χ2v) is 5.87. The van der Waals surface area contributed by atoms with E-state index >= 15 is 0 Å². The summed E-state index contributed by atoms with van der Waals surface area (Å²) in [5, 5.41) is 0. The Kier molecular flexibility index (Phi) is 4.49. The molecule has 0 fully saturated rings. The van der Waals surface area contributed by atoms with Gasteiger partial charge in [-0.2, -0.15) is 13.2 Å². The van der Waals surface area contributed by atoms with Crippen molar-refractivity contribution < 1.29 is 13.2 Å². The van der Waals surface area contributed by atoms with Gasteiger partial charge in [-0.05, 0) is 35.7 Å².